The Morgan fingerprint density at radius 3 is 2.69 bits per heavy atom. The van der Waals surface area contributed by atoms with Gasteiger partial charge in [-0.25, -0.2) is 13.2 Å². The van der Waals surface area contributed by atoms with Crippen LogP contribution in [-0.2, 0) is 21.2 Å². The van der Waals surface area contributed by atoms with Crippen LogP contribution in [0.25, 0.3) is 6.08 Å². The van der Waals surface area contributed by atoms with E-state index in [1.807, 2.05) is 0 Å². The van der Waals surface area contributed by atoms with Crippen LogP contribution in [0.3, 0.4) is 0 Å². The summed E-state index contributed by atoms with van der Waals surface area (Å²) in [7, 11) is -2.54. The average molecular weight is 394 g/mol. The van der Waals surface area contributed by atoms with Crippen LogP contribution in [0.1, 0.15) is 11.1 Å². The molecular weight excluding hydrogens is 378 g/mol. The molecule has 0 saturated carbocycles. The lowest BCUT2D eigenvalue weighted by Crippen LogP contribution is -2.41. The summed E-state index contributed by atoms with van der Waals surface area (Å²) in [5.74, 6) is -0.673. The van der Waals surface area contributed by atoms with Gasteiger partial charge in [0.2, 0.25) is 0 Å². The van der Waals surface area contributed by atoms with Gasteiger partial charge in [-0.05, 0) is 41.5 Å². The number of halogens is 1. The zero-order valence-electron chi connectivity index (χ0n) is 13.8. The summed E-state index contributed by atoms with van der Waals surface area (Å²) in [6, 6.07) is 10.4. The lowest BCUT2D eigenvalue weighted by Gasteiger charge is -2.22. The van der Waals surface area contributed by atoms with Gasteiger partial charge in [0.15, 0.2) is 0 Å². The third-order valence-corrected chi connectivity index (χ3v) is 5.93. The van der Waals surface area contributed by atoms with Gasteiger partial charge in [-0.15, -0.1) is 0 Å². The Balaban J connectivity index is 2.02. The number of carboxylic acid groups (broad SMARTS) is 1. The number of sulfonamides is 1. The SMILES string of the molecule is COc1ccc2c(c1)C[C@H](C(=O)O)N2S(=O)(=O)/C=C/c1ccccc1Cl. The van der Waals surface area contributed by atoms with Gasteiger partial charge in [-0.2, -0.15) is 0 Å². The highest BCUT2D eigenvalue weighted by Crippen LogP contribution is 2.37. The number of hydrogen-bond donors (Lipinski definition) is 1. The van der Waals surface area contributed by atoms with E-state index >= 15 is 0 Å². The molecule has 0 unspecified atom stereocenters. The average Bonchev–Trinajstić information content (AvgIpc) is 3.00. The highest BCUT2D eigenvalue weighted by Gasteiger charge is 2.40. The summed E-state index contributed by atoms with van der Waals surface area (Å²) >= 11 is 6.04. The summed E-state index contributed by atoms with van der Waals surface area (Å²) in [5.41, 5.74) is 1.47. The van der Waals surface area contributed by atoms with Crippen molar-refractivity contribution >= 4 is 39.4 Å². The van der Waals surface area contributed by atoms with Crippen molar-refractivity contribution in [1.29, 1.82) is 0 Å². The summed E-state index contributed by atoms with van der Waals surface area (Å²) in [4.78, 5) is 11.6. The van der Waals surface area contributed by atoms with Gasteiger partial charge >= 0.3 is 5.97 Å². The zero-order chi connectivity index (χ0) is 18.9. The molecule has 0 radical (unpaired) electrons. The van der Waals surface area contributed by atoms with E-state index in [2.05, 4.69) is 0 Å². The fourth-order valence-corrected chi connectivity index (χ4v) is 4.48. The quantitative estimate of drug-likeness (QED) is 0.843. The molecule has 0 bridgehead atoms. The van der Waals surface area contributed by atoms with Gasteiger partial charge in [0.05, 0.1) is 18.2 Å². The van der Waals surface area contributed by atoms with Crippen LogP contribution in [0.2, 0.25) is 5.02 Å². The van der Waals surface area contributed by atoms with Crippen LogP contribution in [0, 0.1) is 0 Å². The molecule has 0 aromatic heterocycles. The standard InChI is InChI=1S/C18H16ClNO5S/c1-25-14-6-7-16-13(10-14)11-17(18(21)22)20(16)26(23,24)9-8-12-4-2-3-5-15(12)19/h2-10,17H,11H2,1H3,(H,21,22)/b9-8+/t17-/m1/s1. The van der Waals surface area contributed by atoms with Crippen molar-refractivity contribution in [2.75, 3.05) is 11.4 Å². The third-order valence-electron chi connectivity index (χ3n) is 4.10. The molecule has 0 amide bonds. The number of ether oxygens (including phenoxy) is 1. The maximum absolute atomic E-state index is 12.9. The van der Waals surface area contributed by atoms with E-state index in [0.717, 1.165) is 9.71 Å². The van der Waals surface area contributed by atoms with Gasteiger partial charge in [-0.3, -0.25) is 4.31 Å². The Bertz CT molecular complexity index is 987. The second-order valence-corrected chi connectivity index (χ2v) is 7.82. The molecule has 0 spiro atoms. The van der Waals surface area contributed by atoms with Crippen molar-refractivity contribution in [2.45, 2.75) is 12.5 Å². The van der Waals surface area contributed by atoms with Crippen LogP contribution in [0.15, 0.2) is 47.9 Å². The highest BCUT2D eigenvalue weighted by molar-refractivity contribution is 7.95. The van der Waals surface area contributed by atoms with Crippen molar-refractivity contribution in [3.05, 3.63) is 64.0 Å². The fourth-order valence-electron chi connectivity index (χ4n) is 2.86. The largest absolute Gasteiger partial charge is 0.497 e. The summed E-state index contributed by atoms with van der Waals surface area (Å²) in [5, 5.41) is 10.9. The predicted molar refractivity (Wildman–Crippen MR) is 100 cm³/mol. The molecule has 0 aliphatic carbocycles. The molecule has 1 atom stereocenters. The van der Waals surface area contributed by atoms with E-state index in [0.29, 0.717) is 27.6 Å². The first-order valence-electron chi connectivity index (χ1n) is 7.70. The van der Waals surface area contributed by atoms with Crippen molar-refractivity contribution in [1.82, 2.24) is 0 Å². The Hall–Kier alpha value is -2.51. The predicted octanol–water partition coefficient (Wildman–Crippen LogP) is 3.17. The smallest absolute Gasteiger partial charge is 0.327 e. The zero-order valence-corrected chi connectivity index (χ0v) is 15.4. The number of benzene rings is 2. The van der Waals surface area contributed by atoms with Crippen molar-refractivity contribution in [3.8, 4) is 5.75 Å². The maximum Gasteiger partial charge on any atom is 0.327 e. The molecule has 0 fully saturated rings. The number of carboxylic acids is 1. The number of aliphatic carboxylic acids is 1. The summed E-state index contributed by atoms with van der Waals surface area (Å²) < 4.78 is 31.8. The maximum atomic E-state index is 12.9. The summed E-state index contributed by atoms with van der Waals surface area (Å²) in [6.07, 6.45) is 1.43. The van der Waals surface area contributed by atoms with E-state index in [9.17, 15) is 18.3 Å². The molecule has 1 N–H and O–H groups in total. The molecule has 1 aliphatic heterocycles. The monoisotopic (exact) mass is 393 g/mol. The van der Waals surface area contributed by atoms with E-state index in [4.69, 9.17) is 16.3 Å². The van der Waals surface area contributed by atoms with Gasteiger partial charge in [0.1, 0.15) is 11.8 Å². The summed E-state index contributed by atoms with van der Waals surface area (Å²) in [6.45, 7) is 0. The number of rotatable bonds is 5. The number of nitrogens with zero attached hydrogens (tertiary/aromatic N) is 1. The molecule has 1 aliphatic rings. The van der Waals surface area contributed by atoms with E-state index in [-0.39, 0.29) is 6.42 Å². The molecular formula is C18H16ClNO5S. The van der Waals surface area contributed by atoms with Gasteiger partial charge in [0, 0.05) is 11.4 Å². The molecule has 6 nitrogen and oxygen atoms in total. The minimum Gasteiger partial charge on any atom is -0.497 e. The van der Waals surface area contributed by atoms with Gasteiger partial charge in [-0.1, -0.05) is 29.8 Å². The Labute approximate surface area is 156 Å². The van der Waals surface area contributed by atoms with Crippen molar-refractivity contribution < 1.29 is 23.1 Å². The van der Waals surface area contributed by atoms with E-state index in [1.54, 1.807) is 42.5 Å². The Kier molecular flexibility index (Phi) is 4.93. The van der Waals surface area contributed by atoms with Crippen LogP contribution in [0.4, 0.5) is 5.69 Å². The lowest BCUT2D eigenvalue weighted by molar-refractivity contribution is -0.138. The minimum atomic E-state index is -4.03. The topological polar surface area (TPSA) is 83.9 Å². The van der Waals surface area contributed by atoms with Crippen LogP contribution >= 0.6 is 11.6 Å². The van der Waals surface area contributed by atoms with Gasteiger partial charge < -0.3 is 9.84 Å². The number of carbonyl (C=O) groups is 1. The Morgan fingerprint density at radius 1 is 1.31 bits per heavy atom. The number of anilines is 1. The van der Waals surface area contributed by atoms with Crippen LogP contribution < -0.4 is 9.04 Å². The first-order chi connectivity index (χ1) is 12.3. The highest BCUT2D eigenvalue weighted by atomic mass is 35.5. The molecule has 136 valence electrons. The molecule has 8 heteroatoms. The number of methoxy groups -OCH3 is 1. The molecule has 2 aromatic rings. The number of hydrogen-bond acceptors (Lipinski definition) is 4. The molecule has 26 heavy (non-hydrogen) atoms. The lowest BCUT2D eigenvalue weighted by atomic mass is 10.1. The normalized spacial score (nSPS) is 16.7. The second kappa shape index (κ2) is 7.01. The van der Waals surface area contributed by atoms with Crippen molar-refractivity contribution in [3.63, 3.8) is 0 Å². The van der Waals surface area contributed by atoms with E-state index in [1.165, 1.54) is 13.2 Å². The third kappa shape index (κ3) is 3.40. The van der Waals surface area contributed by atoms with Gasteiger partial charge in [0.25, 0.3) is 10.0 Å². The fraction of sp³-hybridized carbons (Fsp3) is 0.167. The first-order valence-corrected chi connectivity index (χ1v) is 9.58. The first kappa shape index (κ1) is 18.3. The molecule has 0 saturated heterocycles. The van der Waals surface area contributed by atoms with Crippen LogP contribution in [0.5, 0.6) is 5.75 Å². The van der Waals surface area contributed by atoms with E-state index < -0.39 is 22.0 Å². The molecule has 1 heterocycles. The minimum absolute atomic E-state index is 0.0705. The molecule has 2 aromatic carbocycles. The second-order valence-electron chi connectivity index (χ2n) is 5.72. The Morgan fingerprint density at radius 2 is 2.04 bits per heavy atom. The molecule has 3 rings (SSSR count). The number of fused-ring (bicyclic) bond motifs is 1. The van der Waals surface area contributed by atoms with Crippen molar-refractivity contribution in [2.24, 2.45) is 0 Å². The van der Waals surface area contributed by atoms with Crippen LogP contribution in [-0.4, -0.2) is 32.6 Å².